The van der Waals surface area contributed by atoms with Crippen molar-refractivity contribution >= 4 is 10.9 Å². The van der Waals surface area contributed by atoms with Crippen molar-refractivity contribution in [3.63, 3.8) is 0 Å². The second kappa shape index (κ2) is 7.21. The molecule has 0 bridgehead atoms. The highest BCUT2D eigenvalue weighted by atomic mass is 16.5. The van der Waals surface area contributed by atoms with Crippen molar-refractivity contribution in [3.05, 3.63) is 54.5 Å². The monoisotopic (exact) mass is 338 g/mol. The summed E-state index contributed by atoms with van der Waals surface area (Å²) in [5, 5.41) is 8.96. The lowest BCUT2D eigenvalue weighted by Crippen LogP contribution is -2.41. The van der Waals surface area contributed by atoms with Gasteiger partial charge in [-0.25, -0.2) is 0 Å². The van der Waals surface area contributed by atoms with Crippen LogP contribution in [0.4, 0.5) is 0 Å². The maximum Gasteiger partial charge on any atom is 0.157 e. The van der Waals surface area contributed by atoms with Gasteiger partial charge in [-0.2, -0.15) is 5.10 Å². The number of aromatic nitrogens is 3. The van der Waals surface area contributed by atoms with E-state index in [-0.39, 0.29) is 12.1 Å². The highest BCUT2D eigenvalue weighted by Gasteiger charge is 2.30. The molecule has 6 heteroatoms. The minimum absolute atomic E-state index is 0.00312. The number of nitrogens with zero attached hydrogens (tertiary/aromatic N) is 3. The fourth-order valence-corrected chi connectivity index (χ4v) is 3.08. The maximum atomic E-state index is 6.05. The molecule has 25 heavy (non-hydrogen) atoms. The van der Waals surface area contributed by atoms with Crippen molar-refractivity contribution in [2.24, 2.45) is 0 Å². The highest BCUT2D eigenvalue weighted by molar-refractivity contribution is 5.78. The Kier molecular flexibility index (Phi) is 4.63. The summed E-state index contributed by atoms with van der Waals surface area (Å²) in [5.74, 6) is 0.793. The van der Waals surface area contributed by atoms with Crippen molar-refractivity contribution in [3.8, 4) is 5.75 Å². The van der Waals surface area contributed by atoms with Crippen molar-refractivity contribution in [2.75, 3.05) is 13.2 Å². The second-order valence-electron chi connectivity index (χ2n) is 6.24. The predicted molar refractivity (Wildman–Crippen MR) is 95.5 cm³/mol. The Balaban J connectivity index is 1.38. The van der Waals surface area contributed by atoms with E-state index in [9.17, 15) is 0 Å². The largest absolute Gasteiger partial charge is 0.483 e. The van der Waals surface area contributed by atoms with Crippen LogP contribution in [0.15, 0.2) is 48.9 Å². The molecule has 1 aliphatic rings. The van der Waals surface area contributed by atoms with Gasteiger partial charge >= 0.3 is 0 Å². The topological polar surface area (TPSA) is 61.2 Å². The molecule has 0 spiro atoms. The highest BCUT2D eigenvalue weighted by Crippen LogP contribution is 2.18. The van der Waals surface area contributed by atoms with E-state index in [0.717, 1.165) is 29.7 Å². The molecular weight excluding hydrogens is 316 g/mol. The third kappa shape index (κ3) is 3.65. The van der Waals surface area contributed by atoms with E-state index in [0.29, 0.717) is 13.2 Å². The molecule has 3 heterocycles. The fraction of sp³-hybridized carbons (Fsp3) is 0.368. The lowest BCUT2D eigenvalue weighted by molar-refractivity contribution is 0.139. The van der Waals surface area contributed by atoms with Gasteiger partial charge in [-0.1, -0.05) is 12.1 Å². The zero-order valence-corrected chi connectivity index (χ0v) is 14.3. The Morgan fingerprint density at radius 3 is 3.16 bits per heavy atom. The minimum Gasteiger partial charge on any atom is -0.483 e. The van der Waals surface area contributed by atoms with Crippen LogP contribution in [0.2, 0.25) is 0 Å². The molecule has 1 aromatic carbocycles. The molecule has 1 N–H and O–H groups in total. The van der Waals surface area contributed by atoms with Crippen molar-refractivity contribution in [1.82, 2.24) is 20.1 Å². The lowest BCUT2D eigenvalue weighted by atomic mass is 10.1. The SMILES string of the molecule is CCn1cc(O[C@@H]2COC[C@@H]2NCc2ccc3ncccc3c2)cn1. The van der Waals surface area contributed by atoms with Crippen molar-refractivity contribution in [2.45, 2.75) is 32.2 Å². The van der Waals surface area contributed by atoms with Gasteiger partial charge in [0, 0.05) is 24.7 Å². The molecule has 4 rings (SSSR count). The van der Waals surface area contributed by atoms with Gasteiger partial charge in [-0.15, -0.1) is 0 Å². The Labute approximate surface area is 146 Å². The molecule has 2 aromatic heterocycles. The van der Waals surface area contributed by atoms with E-state index in [1.165, 1.54) is 5.56 Å². The van der Waals surface area contributed by atoms with Gasteiger partial charge in [0.15, 0.2) is 5.75 Å². The van der Waals surface area contributed by atoms with Crippen LogP contribution in [0.25, 0.3) is 10.9 Å². The molecule has 0 radical (unpaired) electrons. The van der Waals surface area contributed by atoms with E-state index < -0.39 is 0 Å². The zero-order valence-electron chi connectivity index (χ0n) is 14.3. The first-order chi connectivity index (χ1) is 12.3. The second-order valence-corrected chi connectivity index (χ2v) is 6.24. The maximum absolute atomic E-state index is 6.05. The molecule has 0 saturated carbocycles. The Morgan fingerprint density at radius 2 is 2.28 bits per heavy atom. The molecule has 6 nitrogen and oxygen atoms in total. The van der Waals surface area contributed by atoms with E-state index in [2.05, 4.69) is 46.6 Å². The third-order valence-corrected chi connectivity index (χ3v) is 4.49. The number of hydrogen-bond donors (Lipinski definition) is 1. The van der Waals surface area contributed by atoms with E-state index >= 15 is 0 Å². The predicted octanol–water partition coefficient (Wildman–Crippen LogP) is 2.39. The summed E-state index contributed by atoms with van der Waals surface area (Å²) in [7, 11) is 0. The molecule has 0 aliphatic carbocycles. The molecular formula is C19H22N4O2. The molecule has 1 saturated heterocycles. The third-order valence-electron chi connectivity index (χ3n) is 4.49. The van der Waals surface area contributed by atoms with Gasteiger partial charge < -0.3 is 14.8 Å². The van der Waals surface area contributed by atoms with Gasteiger partial charge in [0.2, 0.25) is 0 Å². The van der Waals surface area contributed by atoms with Crippen LogP contribution in [0.1, 0.15) is 12.5 Å². The van der Waals surface area contributed by atoms with Gasteiger partial charge in [0.1, 0.15) is 6.10 Å². The first-order valence-corrected chi connectivity index (χ1v) is 8.66. The summed E-state index contributed by atoms with van der Waals surface area (Å²) in [6.45, 7) is 4.91. The Bertz CT molecular complexity index is 848. The summed E-state index contributed by atoms with van der Waals surface area (Å²) >= 11 is 0. The molecule has 130 valence electrons. The van der Waals surface area contributed by atoms with Crippen LogP contribution in [-0.2, 0) is 17.8 Å². The fourth-order valence-electron chi connectivity index (χ4n) is 3.08. The number of nitrogens with one attached hydrogen (secondary N) is 1. The number of ether oxygens (including phenoxy) is 2. The number of fused-ring (bicyclic) bond motifs is 1. The number of benzene rings is 1. The number of pyridine rings is 1. The Morgan fingerprint density at radius 1 is 1.32 bits per heavy atom. The number of aryl methyl sites for hydroxylation is 1. The number of rotatable bonds is 6. The normalized spacial score (nSPS) is 20.2. The van der Waals surface area contributed by atoms with Crippen LogP contribution in [0.3, 0.4) is 0 Å². The number of hydrogen-bond acceptors (Lipinski definition) is 5. The van der Waals surface area contributed by atoms with Crippen molar-refractivity contribution < 1.29 is 9.47 Å². The first-order valence-electron chi connectivity index (χ1n) is 8.66. The van der Waals surface area contributed by atoms with Crippen LogP contribution < -0.4 is 10.1 Å². The van der Waals surface area contributed by atoms with Crippen LogP contribution in [0, 0.1) is 0 Å². The average Bonchev–Trinajstić information content (AvgIpc) is 3.29. The van der Waals surface area contributed by atoms with Crippen LogP contribution in [-0.4, -0.2) is 40.1 Å². The van der Waals surface area contributed by atoms with Crippen LogP contribution >= 0.6 is 0 Å². The molecule has 0 unspecified atom stereocenters. The summed E-state index contributed by atoms with van der Waals surface area (Å²) in [5.41, 5.74) is 2.24. The molecule has 3 aromatic rings. The summed E-state index contributed by atoms with van der Waals surface area (Å²) < 4.78 is 13.5. The summed E-state index contributed by atoms with van der Waals surface area (Å²) in [6, 6.07) is 10.6. The van der Waals surface area contributed by atoms with E-state index in [4.69, 9.17) is 9.47 Å². The molecule has 2 atom stereocenters. The molecule has 0 amide bonds. The molecule has 1 fully saturated rings. The standard InChI is InChI=1S/C19H22N4O2/c1-2-23-11-16(10-22-23)25-19-13-24-12-18(19)21-9-14-5-6-17-15(8-14)4-3-7-20-17/h3-8,10-11,18-19,21H,2,9,12-13H2,1H3/t18-,19+/m0/s1. The average molecular weight is 338 g/mol. The van der Waals surface area contributed by atoms with Gasteiger partial charge in [-0.3, -0.25) is 9.67 Å². The van der Waals surface area contributed by atoms with Gasteiger partial charge in [0.25, 0.3) is 0 Å². The molecule has 1 aliphatic heterocycles. The van der Waals surface area contributed by atoms with Crippen LogP contribution in [0.5, 0.6) is 5.75 Å². The van der Waals surface area contributed by atoms with Crippen molar-refractivity contribution in [1.29, 1.82) is 0 Å². The quantitative estimate of drug-likeness (QED) is 0.748. The zero-order chi connectivity index (χ0) is 17.1. The summed E-state index contributed by atoms with van der Waals surface area (Å²) in [6.07, 6.45) is 5.50. The minimum atomic E-state index is -0.00312. The first kappa shape index (κ1) is 16.1. The Hall–Kier alpha value is -2.44. The summed E-state index contributed by atoms with van der Waals surface area (Å²) in [4.78, 5) is 4.36. The van der Waals surface area contributed by atoms with E-state index in [1.54, 1.807) is 6.20 Å². The smallest absolute Gasteiger partial charge is 0.157 e. The van der Waals surface area contributed by atoms with Gasteiger partial charge in [0.05, 0.1) is 37.2 Å². The van der Waals surface area contributed by atoms with E-state index in [1.807, 2.05) is 23.1 Å². The lowest BCUT2D eigenvalue weighted by Gasteiger charge is -2.19. The van der Waals surface area contributed by atoms with Gasteiger partial charge in [-0.05, 0) is 30.7 Å².